The van der Waals surface area contributed by atoms with Crippen molar-refractivity contribution in [2.24, 2.45) is 0 Å². The highest BCUT2D eigenvalue weighted by Crippen LogP contribution is 2.37. The van der Waals surface area contributed by atoms with E-state index in [0.29, 0.717) is 57.0 Å². The molecule has 8 nitrogen and oxygen atoms in total. The summed E-state index contributed by atoms with van der Waals surface area (Å²) < 4.78 is 13.9. The molecule has 1 unspecified atom stereocenters. The fraction of sp³-hybridized carbons (Fsp3) is 0.250. The van der Waals surface area contributed by atoms with Crippen molar-refractivity contribution in [1.29, 1.82) is 0 Å². The van der Waals surface area contributed by atoms with E-state index in [9.17, 15) is 9.59 Å². The molecular weight excluding hydrogens is 616 g/mol. The fourth-order valence-corrected chi connectivity index (χ4v) is 5.20. The number of ether oxygens (including phenoxy) is 2. The number of urea groups is 1. The molecule has 0 aliphatic carbocycles. The van der Waals surface area contributed by atoms with Crippen LogP contribution in [0.3, 0.4) is 0 Å². The minimum absolute atomic E-state index is 0.267. The number of methoxy groups -OCH3 is 2. The molecule has 3 aromatic carbocycles. The molecule has 38 heavy (non-hydrogen) atoms. The molecule has 1 N–H and O–H groups in total. The number of anilines is 1. The van der Waals surface area contributed by atoms with E-state index in [-0.39, 0.29) is 11.6 Å². The maximum atomic E-state index is 14.0. The predicted molar refractivity (Wildman–Crippen MR) is 157 cm³/mol. The van der Waals surface area contributed by atoms with Crippen molar-refractivity contribution in [3.63, 3.8) is 0 Å². The third-order valence-electron chi connectivity index (χ3n) is 6.17. The summed E-state index contributed by atoms with van der Waals surface area (Å²) in [6, 6.07) is 17.2. The van der Waals surface area contributed by atoms with Crippen molar-refractivity contribution in [2.45, 2.75) is 26.3 Å². The number of nitrogens with one attached hydrogen (secondary N) is 1. The number of amides is 2. The van der Waals surface area contributed by atoms with Gasteiger partial charge in [0.15, 0.2) is 0 Å². The second-order valence-electron chi connectivity index (χ2n) is 8.57. The Morgan fingerprint density at radius 2 is 1.79 bits per heavy atom. The van der Waals surface area contributed by atoms with Crippen molar-refractivity contribution < 1.29 is 14.3 Å². The molecule has 0 aliphatic rings. The topological polar surface area (TPSA) is 85.7 Å². The van der Waals surface area contributed by atoms with Crippen LogP contribution in [0.15, 0.2) is 74.4 Å². The van der Waals surface area contributed by atoms with Gasteiger partial charge in [0.1, 0.15) is 17.3 Å². The van der Waals surface area contributed by atoms with Gasteiger partial charge in [-0.3, -0.25) is 9.36 Å². The first-order valence-electron chi connectivity index (χ1n) is 12.1. The van der Waals surface area contributed by atoms with E-state index >= 15 is 0 Å². The van der Waals surface area contributed by atoms with Crippen molar-refractivity contribution in [3.05, 3.63) is 85.8 Å². The summed E-state index contributed by atoms with van der Waals surface area (Å²) in [6.45, 7) is 4.31. The number of carbonyl (C=O) groups excluding carboxylic acids is 1. The number of aromatic nitrogens is 2. The van der Waals surface area contributed by atoms with E-state index in [2.05, 4.69) is 37.2 Å². The van der Waals surface area contributed by atoms with Crippen LogP contribution < -0.4 is 20.3 Å². The Bertz CT molecular complexity index is 1540. The summed E-state index contributed by atoms with van der Waals surface area (Å²) >= 11 is 7.09. The zero-order chi connectivity index (χ0) is 27.4. The van der Waals surface area contributed by atoms with Gasteiger partial charge in [0.25, 0.3) is 5.56 Å². The molecule has 10 heteroatoms. The Morgan fingerprint density at radius 1 is 1.08 bits per heavy atom. The average Bonchev–Trinajstić information content (AvgIpc) is 2.93. The number of nitrogens with zero attached hydrogens (tertiary/aromatic N) is 3. The van der Waals surface area contributed by atoms with Crippen molar-refractivity contribution >= 4 is 54.5 Å². The molecule has 0 radical (unpaired) electrons. The maximum Gasteiger partial charge on any atom is 0.322 e. The SMILES string of the molecule is CCCN(C(=O)Nc1ccccc1Br)C(C)c1nc2ccccc2c(=O)n1-c1cc(OC)cc(OC)c1Br. The smallest absolute Gasteiger partial charge is 0.322 e. The zero-order valence-corrected chi connectivity index (χ0v) is 24.7. The Hall–Kier alpha value is -3.37. The third kappa shape index (κ3) is 5.42. The van der Waals surface area contributed by atoms with Gasteiger partial charge in [-0.1, -0.05) is 31.2 Å². The Labute approximate surface area is 237 Å². The molecule has 198 valence electrons. The van der Waals surface area contributed by atoms with Crippen LogP contribution >= 0.6 is 31.9 Å². The third-order valence-corrected chi connectivity index (χ3v) is 7.66. The molecule has 0 spiro atoms. The predicted octanol–water partition coefficient (Wildman–Crippen LogP) is 6.93. The Balaban J connectivity index is 1.92. The second kappa shape index (κ2) is 12.0. The van der Waals surface area contributed by atoms with E-state index in [4.69, 9.17) is 14.5 Å². The fourth-order valence-electron chi connectivity index (χ4n) is 4.25. The van der Waals surface area contributed by atoms with E-state index < -0.39 is 6.04 Å². The molecule has 4 aromatic rings. The van der Waals surface area contributed by atoms with Gasteiger partial charge in [-0.2, -0.15) is 0 Å². The lowest BCUT2D eigenvalue weighted by molar-refractivity contribution is 0.189. The van der Waals surface area contributed by atoms with Crippen LogP contribution in [-0.2, 0) is 0 Å². The van der Waals surface area contributed by atoms with Crippen LogP contribution in [-0.4, -0.2) is 41.2 Å². The standard InChI is InChI=1S/C28H28Br2N4O4/c1-5-14-33(28(36)32-22-13-9-7-11-20(22)29)17(2)26-31-21-12-8-6-10-19(21)27(35)34(26)23-15-18(37-3)16-24(38-4)25(23)30/h6-13,15-17H,5,14H2,1-4H3,(H,32,36). The highest BCUT2D eigenvalue weighted by atomic mass is 79.9. The number of fused-ring (bicyclic) bond motifs is 1. The van der Waals surface area contributed by atoms with Crippen molar-refractivity contribution in [3.8, 4) is 17.2 Å². The van der Waals surface area contributed by atoms with E-state index in [1.54, 1.807) is 49.5 Å². The van der Waals surface area contributed by atoms with Gasteiger partial charge in [-0.15, -0.1) is 0 Å². The highest BCUT2D eigenvalue weighted by Gasteiger charge is 2.28. The number of halogens is 2. The molecule has 1 heterocycles. The van der Waals surface area contributed by atoms with Gasteiger partial charge >= 0.3 is 6.03 Å². The van der Waals surface area contributed by atoms with Gasteiger partial charge in [-0.25, -0.2) is 9.78 Å². The first-order valence-corrected chi connectivity index (χ1v) is 13.6. The summed E-state index contributed by atoms with van der Waals surface area (Å²) in [7, 11) is 3.09. The zero-order valence-electron chi connectivity index (χ0n) is 21.5. The number of carbonyl (C=O) groups is 1. The normalized spacial score (nSPS) is 11.7. The Kier molecular flexibility index (Phi) is 8.73. The Morgan fingerprint density at radius 3 is 2.47 bits per heavy atom. The number of para-hydroxylation sites is 2. The van der Waals surface area contributed by atoms with E-state index in [0.717, 1.165) is 4.47 Å². The minimum atomic E-state index is -0.571. The van der Waals surface area contributed by atoms with Gasteiger partial charge in [0.2, 0.25) is 0 Å². The lowest BCUT2D eigenvalue weighted by atomic mass is 10.1. The molecule has 0 saturated carbocycles. The average molecular weight is 644 g/mol. The number of benzene rings is 3. The largest absolute Gasteiger partial charge is 0.497 e. The summed E-state index contributed by atoms with van der Waals surface area (Å²) in [4.78, 5) is 34.1. The van der Waals surface area contributed by atoms with Crippen LogP contribution in [0.5, 0.6) is 11.5 Å². The van der Waals surface area contributed by atoms with Gasteiger partial charge in [-0.05, 0) is 69.5 Å². The molecule has 1 aromatic heterocycles. The van der Waals surface area contributed by atoms with Crippen LogP contribution in [0.2, 0.25) is 0 Å². The molecule has 0 aliphatic heterocycles. The molecule has 1 atom stereocenters. The molecular formula is C28H28Br2N4O4. The molecule has 0 fully saturated rings. The summed E-state index contributed by atoms with van der Waals surface area (Å²) in [5, 5.41) is 3.44. The molecule has 0 saturated heterocycles. The first-order chi connectivity index (χ1) is 18.3. The molecule has 4 rings (SSSR count). The number of rotatable bonds is 8. The molecule has 0 bridgehead atoms. The van der Waals surface area contributed by atoms with Crippen LogP contribution in [0, 0.1) is 0 Å². The summed E-state index contributed by atoms with van der Waals surface area (Å²) in [5.74, 6) is 1.41. The minimum Gasteiger partial charge on any atom is -0.497 e. The highest BCUT2D eigenvalue weighted by molar-refractivity contribution is 9.11. The van der Waals surface area contributed by atoms with Crippen LogP contribution in [0.25, 0.3) is 16.6 Å². The summed E-state index contributed by atoms with van der Waals surface area (Å²) in [5.41, 5.74) is 1.42. The number of hydrogen-bond donors (Lipinski definition) is 1. The quantitative estimate of drug-likeness (QED) is 0.225. The second-order valence-corrected chi connectivity index (χ2v) is 10.2. The van der Waals surface area contributed by atoms with Crippen molar-refractivity contribution in [2.75, 3.05) is 26.1 Å². The van der Waals surface area contributed by atoms with E-state index in [1.807, 2.05) is 44.2 Å². The van der Waals surface area contributed by atoms with Gasteiger partial charge in [0.05, 0.1) is 47.0 Å². The van der Waals surface area contributed by atoms with Crippen LogP contribution in [0.1, 0.15) is 32.1 Å². The lowest BCUT2D eigenvalue weighted by Crippen LogP contribution is -2.40. The van der Waals surface area contributed by atoms with E-state index in [1.165, 1.54) is 4.57 Å². The molecule has 2 amide bonds. The number of hydrogen-bond acceptors (Lipinski definition) is 5. The first kappa shape index (κ1) is 27.7. The van der Waals surface area contributed by atoms with Gasteiger partial charge < -0.3 is 19.7 Å². The van der Waals surface area contributed by atoms with Gasteiger partial charge in [0, 0.05) is 23.2 Å². The van der Waals surface area contributed by atoms with Crippen molar-refractivity contribution in [1.82, 2.24) is 14.5 Å². The summed E-state index contributed by atoms with van der Waals surface area (Å²) in [6.07, 6.45) is 0.711. The maximum absolute atomic E-state index is 14.0. The lowest BCUT2D eigenvalue weighted by Gasteiger charge is -2.31. The monoisotopic (exact) mass is 642 g/mol. The van der Waals surface area contributed by atoms with Crippen LogP contribution in [0.4, 0.5) is 10.5 Å².